The van der Waals surface area contributed by atoms with Crippen molar-refractivity contribution in [3.63, 3.8) is 0 Å². The summed E-state index contributed by atoms with van der Waals surface area (Å²) in [6, 6.07) is 17.4. The summed E-state index contributed by atoms with van der Waals surface area (Å²) in [6.45, 7) is 3.20. The van der Waals surface area contributed by atoms with Gasteiger partial charge in [-0.3, -0.25) is 9.59 Å². The molecule has 0 spiro atoms. The lowest BCUT2D eigenvalue weighted by atomic mass is 10.0. The Morgan fingerprint density at radius 1 is 1.04 bits per heavy atom. The highest BCUT2D eigenvalue weighted by molar-refractivity contribution is 6.07. The highest BCUT2D eigenvalue weighted by Crippen LogP contribution is 2.18. The Morgan fingerprint density at radius 2 is 1.73 bits per heavy atom. The molecule has 3 rings (SSSR count). The van der Waals surface area contributed by atoms with Crippen LogP contribution in [0.3, 0.4) is 0 Å². The molecule has 4 nitrogen and oxygen atoms in total. The van der Waals surface area contributed by atoms with E-state index in [1.54, 1.807) is 24.3 Å². The lowest BCUT2D eigenvalue weighted by Crippen LogP contribution is -2.46. The standard InChI is InChI=1S/C22H25NO3/c1-17(24)20-12-5-6-13-21(20)22(25)23-14-15-26-19(16-23)11-7-10-18-8-3-2-4-9-18/h2-6,8-9,12-13,19H,7,10-11,14-16H2,1H3/t19-/m0/s1. The molecule has 1 saturated heterocycles. The van der Waals surface area contributed by atoms with E-state index in [4.69, 9.17) is 4.74 Å². The summed E-state index contributed by atoms with van der Waals surface area (Å²) in [5, 5.41) is 0. The smallest absolute Gasteiger partial charge is 0.254 e. The maximum atomic E-state index is 12.9. The number of Topliss-reactive ketones (excluding diaryl/α,β-unsaturated/α-hetero) is 1. The number of nitrogens with zero attached hydrogens (tertiary/aromatic N) is 1. The second-order valence-corrected chi connectivity index (χ2v) is 6.72. The summed E-state index contributed by atoms with van der Waals surface area (Å²) in [6.07, 6.45) is 3.02. The summed E-state index contributed by atoms with van der Waals surface area (Å²) in [5.41, 5.74) is 2.31. The number of carbonyl (C=O) groups excluding carboxylic acids is 2. The molecule has 0 bridgehead atoms. The average Bonchev–Trinajstić information content (AvgIpc) is 2.68. The second kappa shape index (κ2) is 8.77. The molecule has 1 atom stereocenters. The summed E-state index contributed by atoms with van der Waals surface area (Å²) in [4.78, 5) is 26.5. The summed E-state index contributed by atoms with van der Waals surface area (Å²) in [5.74, 6) is -0.159. The molecule has 1 heterocycles. The molecule has 0 unspecified atom stereocenters. The van der Waals surface area contributed by atoms with Gasteiger partial charge in [-0.2, -0.15) is 0 Å². The molecule has 0 saturated carbocycles. The van der Waals surface area contributed by atoms with Gasteiger partial charge >= 0.3 is 0 Å². The number of hydrogen-bond donors (Lipinski definition) is 0. The van der Waals surface area contributed by atoms with Crippen LogP contribution in [-0.2, 0) is 11.2 Å². The average molecular weight is 351 g/mol. The summed E-state index contributed by atoms with van der Waals surface area (Å²) >= 11 is 0. The van der Waals surface area contributed by atoms with Crippen molar-refractivity contribution in [2.45, 2.75) is 32.3 Å². The Bertz CT molecular complexity index is 757. The summed E-state index contributed by atoms with van der Waals surface area (Å²) in [7, 11) is 0. The lowest BCUT2D eigenvalue weighted by Gasteiger charge is -2.33. The minimum atomic E-state index is -0.0818. The zero-order valence-electron chi connectivity index (χ0n) is 15.2. The molecule has 0 aliphatic carbocycles. The number of hydrogen-bond acceptors (Lipinski definition) is 3. The number of amides is 1. The van der Waals surface area contributed by atoms with E-state index >= 15 is 0 Å². The monoisotopic (exact) mass is 351 g/mol. The number of aryl methyl sites for hydroxylation is 1. The van der Waals surface area contributed by atoms with Crippen molar-refractivity contribution in [2.75, 3.05) is 19.7 Å². The minimum Gasteiger partial charge on any atom is -0.375 e. The van der Waals surface area contributed by atoms with Crippen LogP contribution in [0.4, 0.5) is 0 Å². The van der Waals surface area contributed by atoms with E-state index in [9.17, 15) is 9.59 Å². The van der Waals surface area contributed by atoms with E-state index < -0.39 is 0 Å². The van der Waals surface area contributed by atoms with Crippen LogP contribution in [0.5, 0.6) is 0 Å². The highest BCUT2D eigenvalue weighted by atomic mass is 16.5. The largest absolute Gasteiger partial charge is 0.375 e. The van der Waals surface area contributed by atoms with Crippen LogP contribution in [-0.4, -0.2) is 42.4 Å². The van der Waals surface area contributed by atoms with Crippen LogP contribution < -0.4 is 0 Å². The predicted octanol–water partition coefficient (Wildman–Crippen LogP) is 3.75. The molecule has 2 aromatic rings. The Kier molecular flexibility index (Phi) is 6.18. The van der Waals surface area contributed by atoms with Gasteiger partial charge in [0.15, 0.2) is 5.78 Å². The topological polar surface area (TPSA) is 46.6 Å². The van der Waals surface area contributed by atoms with Crippen LogP contribution in [0.1, 0.15) is 46.0 Å². The van der Waals surface area contributed by atoms with Crippen LogP contribution in [0, 0.1) is 0 Å². The maximum absolute atomic E-state index is 12.9. The third kappa shape index (κ3) is 4.58. The Morgan fingerprint density at radius 3 is 2.46 bits per heavy atom. The first-order valence-electron chi connectivity index (χ1n) is 9.20. The van der Waals surface area contributed by atoms with Crippen LogP contribution in [0.25, 0.3) is 0 Å². The van der Waals surface area contributed by atoms with Gasteiger partial charge in [-0.05, 0) is 37.8 Å². The van der Waals surface area contributed by atoms with E-state index in [1.807, 2.05) is 11.0 Å². The van der Waals surface area contributed by atoms with Crippen LogP contribution in [0.2, 0.25) is 0 Å². The van der Waals surface area contributed by atoms with Crippen molar-refractivity contribution < 1.29 is 14.3 Å². The number of rotatable bonds is 6. The van der Waals surface area contributed by atoms with E-state index in [0.717, 1.165) is 19.3 Å². The fourth-order valence-electron chi connectivity index (χ4n) is 3.40. The number of benzene rings is 2. The molecule has 4 heteroatoms. The van der Waals surface area contributed by atoms with Crippen molar-refractivity contribution in [1.29, 1.82) is 0 Å². The molecule has 0 N–H and O–H groups in total. The Balaban J connectivity index is 1.58. The van der Waals surface area contributed by atoms with Crippen molar-refractivity contribution >= 4 is 11.7 Å². The van der Waals surface area contributed by atoms with Crippen molar-refractivity contribution in [3.8, 4) is 0 Å². The molecule has 26 heavy (non-hydrogen) atoms. The molecule has 0 aromatic heterocycles. The normalized spacial score (nSPS) is 17.1. The van der Waals surface area contributed by atoms with Gasteiger partial charge in [0.1, 0.15) is 0 Å². The predicted molar refractivity (Wildman–Crippen MR) is 101 cm³/mol. The fraction of sp³-hybridized carbons (Fsp3) is 0.364. The number of carbonyl (C=O) groups is 2. The first-order chi connectivity index (χ1) is 12.6. The van der Waals surface area contributed by atoms with Gasteiger partial charge in [0.05, 0.1) is 18.3 Å². The number of ether oxygens (including phenoxy) is 1. The van der Waals surface area contributed by atoms with E-state index in [0.29, 0.717) is 30.8 Å². The minimum absolute atomic E-state index is 0.0564. The maximum Gasteiger partial charge on any atom is 0.254 e. The molecular weight excluding hydrogens is 326 g/mol. The highest BCUT2D eigenvalue weighted by Gasteiger charge is 2.26. The SMILES string of the molecule is CC(=O)c1ccccc1C(=O)N1CCO[C@@H](CCCc2ccccc2)C1. The van der Waals surface area contributed by atoms with Gasteiger partial charge in [-0.1, -0.05) is 48.5 Å². The molecular formula is C22H25NO3. The number of ketones is 1. The van der Waals surface area contributed by atoms with Crippen molar-refractivity contribution in [3.05, 3.63) is 71.3 Å². The van der Waals surface area contributed by atoms with Gasteiger partial charge in [-0.25, -0.2) is 0 Å². The van der Waals surface area contributed by atoms with Crippen molar-refractivity contribution in [1.82, 2.24) is 4.90 Å². The van der Waals surface area contributed by atoms with E-state index in [1.165, 1.54) is 12.5 Å². The zero-order chi connectivity index (χ0) is 18.4. The molecule has 1 fully saturated rings. The Labute approximate surface area is 154 Å². The quantitative estimate of drug-likeness (QED) is 0.745. The molecule has 2 aromatic carbocycles. The van der Waals surface area contributed by atoms with E-state index in [-0.39, 0.29) is 17.8 Å². The van der Waals surface area contributed by atoms with Gasteiger partial charge in [0, 0.05) is 18.7 Å². The molecule has 1 aliphatic rings. The van der Waals surface area contributed by atoms with Crippen molar-refractivity contribution in [2.24, 2.45) is 0 Å². The number of morpholine rings is 1. The van der Waals surface area contributed by atoms with Crippen LogP contribution >= 0.6 is 0 Å². The first-order valence-corrected chi connectivity index (χ1v) is 9.20. The van der Waals surface area contributed by atoms with Gasteiger partial charge in [-0.15, -0.1) is 0 Å². The first kappa shape index (κ1) is 18.3. The lowest BCUT2D eigenvalue weighted by molar-refractivity contribution is -0.0255. The molecule has 136 valence electrons. The third-order valence-electron chi connectivity index (χ3n) is 4.80. The molecule has 1 amide bonds. The van der Waals surface area contributed by atoms with Gasteiger partial charge in [0.25, 0.3) is 5.91 Å². The zero-order valence-corrected chi connectivity index (χ0v) is 15.2. The van der Waals surface area contributed by atoms with Crippen LogP contribution in [0.15, 0.2) is 54.6 Å². The fourth-order valence-corrected chi connectivity index (χ4v) is 3.40. The third-order valence-corrected chi connectivity index (χ3v) is 4.80. The van der Waals surface area contributed by atoms with Gasteiger partial charge in [0.2, 0.25) is 0 Å². The van der Waals surface area contributed by atoms with Gasteiger partial charge < -0.3 is 9.64 Å². The van der Waals surface area contributed by atoms with E-state index in [2.05, 4.69) is 24.3 Å². The summed E-state index contributed by atoms with van der Waals surface area (Å²) < 4.78 is 5.85. The molecule has 1 aliphatic heterocycles. The molecule has 0 radical (unpaired) electrons. The Hall–Kier alpha value is -2.46. The second-order valence-electron chi connectivity index (χ2n) is 6.72.